The minimum atomic E-state index is -1.30. The van der Waals surface area contributed by atoms with E-state index >= 15 is 0 Å². The van der Waals surface area contributed by atoms with E-state index in [2.05, 4.69) is 21.2 Å². The summed E-state index contributed by atoms with van der Waals surface area (Å²) in [5, 5.41) is 12.2. The summed E-state index contributed by atoms with van der Waals surface area (Å²) in [6, 6.07) is 7.53. The first-order valence-electron chi connectivity index (χ1n) is 15.6. The molecule has 3 amide bonds. The Bertz CT molecular complexity index is 1300. The zero-order chi connectivity index (χ0) is 31.4. The summed E-state index contributed by atoms with van der Waals surface area (Å²) in [5.74, 6) is -3.07. The molecule has 4 aliphatic rings. The summed E-state index contributed by atoms with van der Waals surface area (Å²) >= 11 is 3.61. The van der Waals surface area contributed by atoms with E-state index in [1.807, 2.05) is 62.4 Å². The van der Waals surface area contributed by atoms with Gasteiger partial charge in [-0.15, -0.1) is 0 Å². The van der Waals surface area contributed by atoms with Crippen LogP contribution in [0.25, 0.3) is 0 Å². The molecule has 1 spiro atoms. The van der Waals surface area contributed by atoms with Crippen LogP contribution in [0.3, 0.4) is 0 Å². The van der Waals surface area contributed by atoms with Crippen LogP contribution in [0.15, 0.2) is 53.0 Å². The van der Waals surface area contributed by atoms with Crippen molar-refractivity contribution in [1.82, 2.24) is 15.1 Å². The molecule has 4 aliphatic heterocycles. The average molecular weight is 673 g/mol. The molecule has 0 saturated carbocycles. The number of halogens is 1. The molecule has 44 heavy (non-hydrogen) atoms. The lowest BCUT2D eigenvalue weighted by molar-refractivity contribution is -0.148. The molecule has 2 N–H and O–H groups in total. The van der Waals surface area contributed by atoms with Gasteiger partial charge in [0.05, 0.1) is 17.9 Å². The van der Waals surface area contributed by atoms with E-state index in [1.165, 1.54) is 0 Å². The second-order valence-electron chi connectivity index (χ2n) is 12.2. The van der Waals surface area contributed by atoms with Crippen LogP contribution < -0.4 is 5.32 Å². The second kappa shape index (κ2) is 14.0. The van der Waals surface area contributed by atoms with E-state index < -0.39 is 41.5 Å². The molecule has 2 fully saturated rings. The highest BCUT2D eigenvalue weighted by atomic mass is 79.9. The number of ether oxygens (including phenoxy) is 2. The Balaban J connectivity index is 1.54. The standard InChI is InChI=1S/C33H42BrN3O7/c1-21(2)36-16-11-6-9-15-25(39)43-20-24(22-13-7-5-8-14-22)35-30(40)26-27-31(41)37(17-10-3-4-12-18-38)29(32(36)42)33(27)19-23(34)28(26)44-33/h5-8,11,13-14,19,21,24,26-29,38H,3-4,9-10,12,15-18,20H2,1-2H3,(H,35,40)/b11-6-/t24-,26-,27+,28-,29-,33+/m1/s1. The number of rotatable bonds is 8. The molecule has 2 saturated heterocycles. The number of benzene rings is 1. The number of allylic oxidation sites excluding steroid dienone is 1. The highest BCUT2D eigenvalue weighted by molar-refractivity contribution is 9.11. The van der Waals surface area contributed by atoms with Gasteiger partial charge < -0.3 is 29.7 Å². The largest absolute Gasteiger partial charge is 0.463 e. The predicted molar refractivity (Wildman–Crippen MR) is 166 cm³/mol. The number of nitrogens with zero attached hydrogens (tertiary/aromatic N) is 2. The van der Waals surface area contributed by atoms with E-state index in [-0.39, 0.29) is 43.5 Å². The monoisotopic (exact) mass is 671 g/mol. The first-order chi connectivity index (χ1) is 21.2. The third-order valence-corrected chi connectivity index (χ3v) is 9.77. The number of carbonyl (C=O) groups is 4. The van der Waals surface area contributed by atoms with Crippen LogP contribution in [0.2, 0.25) is 0 Å². The number of aliphatic hydroxyl groups is 1. The molecular weight excluding hydrogens is 630 g/mol. The molecule has 5 bridgehead atoms. The molecule has 5 rings (SSSR count). The summed E-state index contributed by atoms with van der Waals surface area (Å²) in [6.45, 7) is 4.55. The minimum Gasteiger partial charge on any atom is -0.463 e. The van der Waals surface area contributed by atoms with E-state index in [0.717, 1.165) is 18.4 Å². The summed E-state index contributed by atoms with van der Waals surface area (Å²) in [5.41, 5.74) is -0.535. The molecule has 0 aliphatic carbocycles. The summed E-state index contributed by atoms with van der Waals surface area (Å²) in [6.07, 6.45) is 8.40. The molecule has 1 aromatic carbocycles. The lowest BCUT2D eigenvalue weighted by Gasteiger charge is -2.37. The highest BCUT2D eigenvalue weighted by Crippen LogP contribution is 2.58. The first kappa shape index (κ1) is 32.4. The van der Waals surface area contributed by atoms with Crippen molar-refractivity contribution in [3.05, 3.63) is 58.6 Å². The number of esters is 1. The smallest absolute Gasteiger partial charge is 0.306 e. The van der Waals surface area contributed by atoms with E-state index in [1.54, 1.807) is 9.80 Å². The van der Waals surface area contributed by atoms with Crippen molar-refractivity contribution in [3.63, 3.8) is 0 Å². The molecular formula is C33H42BrN3O7. The first-order valence-corrected chi connectivity index (χ1v) is 16.4. The van der Waals surface area contributed by atoms with Crippen LogP contribution in [0.5, 0.6) is 0 Å². The van der Waals surface area contributed by atoms with Gasteiger partial charge in [0, 0.05) is 36.6 Å². The molecule has 4 heterocycles. The summed E-state index contributed by atoms with van der Waals surface area (Å²) in [7, 11) is 0. The fourth-order valence-electron chi connectivity index (χ4n) is 6.93. The Hall–Kier alpha value is -3.02. The molecule has 10 nitrogen and oxygen atoms in total. The van der Waals surface area contributed by atoms with Gasteiger partial charge in [0.1, 0.15) is 24.4 Å². The van der Waals surface area contributed by atoms with Gasteiger partial charge in [-0.05, 0) is 44.7 Å². The van der Waals surface area contributed by atoms with Crippen LogP contribution in [0.4, 0.5) is 0 Å². The fourth-order valence-corrected chi connectivity index (χ4v) is 7.66. The minimum absolute atomic E-state index is 0.0560. The number of fused-ring (bicyclic) bond motifs is 2. The van der Waals surface area contributed by atoms with Crippen molar-refractivity contribution < 1.29 is 33.8 Å². The maximum atomic E-state index is 14.5. The topological polar surface area (TPSA) is 125 Å². The molecule has 0 unspecified atom stereocenters. The molecule has 238 valence electrons. The number of carbonyl (C=O) groups excluding carboxylic acids is 4. The van der Waals surface area contributed by atoms with Gasteiger partial charge in [-0.1, -0.05) is 71.3 Å². The van der Waals surface area contributed by atoms with E-state index in [0.29, 0.717) is 36.8 Å². The number of amides is 3. The molecule has 0 aromatic heterocycles. The molecule has 6 atom stereocenters. The van der Waals surface area contributed by atoms with Crippen molar-refractivity contribution in [2.24, 2.45) is 11.8 Å². The van der Waals surface area contributed by atoms with Gasteiger partial charge in [-0.3, -0.25) is 19.2 Å². The Morgan fingerprint density at radius 1 is 1.05 bits per heavy atom. The highest BCUT2D eigenvalue weighted by Gasteiger charge is 2.74. The van der Waals surface area contributed by atoms with Crippen molar-refractivity contribution in [3.8, 4) is 0 Å². The number of cyclic esters (lactones) is 1. The van der Waals surface area contributed by atoms with E-state index in [4.69, 9.17) is 9.47 Å². The second-order valence-corrected chi connectivity index (χ2v) is 13.2. The molecule has 0 radical (unpaired) electrons. The normalized spacial score (nSPS) is 31.7. The number of unbranched alkanes of at least 4 members (excludes halogenated alkanes) is 3. The van der Waals surface area contributed by atoms with Crippen LogP contribution >= 0.6 is 15.9 Å². The zero-order valence-corrected chi connectivity index (χ0v) is 26.9. The van der Waals surface area contributed by atoms with Gasteiger partial charge in [0.15, 0.2) is 0 Å². The quantitative estimate of drug-likeness (QED) is 0.247. The Morgan fingerprint density at radius 2 is 1.80 bits per heavy atom. The maximum absolute atomic E-state index is 14.5. The third-order valence-electron chi connectivity index (χ3n) is 9.09. The predicted octanol–water partition coefficient (Wildman–Crippen LogP) is 3.40. The molecule has 1 aromatic rings. The number of nitrogens with one attached hydrogen (secondary N) is 1. The van der Waals surface area contributed by atoms with Gasteiger partial charge in [-0.25, -0.2) is 0 Å². The summed E-state index contributed by atoms with van der Waals surface area (Å²) < 4.78 is 12.8. The molecule has 11 heteroatoms. The number of hydrogen-bond donors (Lipinski definition) is 2. The summed E-state index contributed by atoms with van der Waals surface area (Å²) in [4.78, 5) is 58.9. The number of likely N-dealkylation sites (tertiary alicyclic amines) is 1. The van der Waals surface area contributed by atoms with Gasteiger partial charge >= 0.3 is 5.97 Å². The van der Waals surface area contributed by atoms with Crippen LogP contribution in [-0.4, -0.2) is 88.7 Å². The van der Waals surface area contributed by atoms with Crippen molar-refractivity contribution in [2.75, 3.05) is 26.3 Å². The van der Waals surface area contributed by atoms with Crippen molar-refractivity contribution >= 4 is 39.6 Å². The lowest BCUT2D eigenvalue weighted by Crippen LogP contribution is -2.57. The van der Waals surface area contributed by atoms with E-state index in [9.17, 15) is 24.3 Å². The van der Waals surface area contributed by atoms with Gasteiger partial charge in [0.25, 0.3) is 0 Å². The fraction of sp³-hybridized carbons (Fsp3) is 0.576. The lowest BCUT2D eigenvalue weighted by atomic mass is 9.74. The van der Waals surface area contributed by atoms with Gasteiger partial charge in [-0.2, -0.15) is 0 Å². The third kappa shape index (κ3) is 6.23. The van der Waals surface area contributed by atoms with Gasteiger partial charge in [0.2, 0.25) is 17.7 Å². The van der Waals surface area contributed by atoms with Crippen molar-refractivity contribution in [1.29, 1.82) is 0 Å². The van der Waals surface area contributed by atoms with Crippen LogP contribution in [0.1, 0.15) is 64.0 Å². The maximum Gasteiger partial charge on any atom is 0.306 e. The van der Waals surface area contributed by atoms with Crippen LogP contribution in [0, 0.1) is 11.8 Å². The van der Waals surface area contributed by atoms with Crippen LogP contribution in [-0.2, 0) is 28.7 Å². The number of hydrogen-bond acceptors (Lipinski definition) is 7. The Labute approximate surface area is 266 Å². The Kier molecular flexibility index (Phi) is 10.3. The Morgan fingerprint density at radius 3 is 2.52 bits per heavy atom. The van der Waals surface area contributed by atoms with Crippen molar-refractivity contribution in [2.45, 2.75) is 82.2 Å². The SMILES string of the molecule is CC(C)N1C/C=C\CCC(=O)OC[C@H](c2ccccc2)NC(=O)[C@H]2[C@@H]3O[C@@]4(C=C3Br)[C@@H]2C(=O)N(CCCCCCO)[C@@H]4C1=O. The zero-order valence-electron chi connectivity index (χ0n) is 25.3. The number of aliphatic hydroxyl groups excluding tert-OH is 1. The average Bonchev–Trinajstić information content (AvgIpc) is 3.59.